The fourth-order valence-corrected chi connectivity index (χ4v) is 2.07. The van der Waals surface area contributed by atoms with Crippen LogP contribution < -0.4 is 10.6 Å². The molecule has 0 heterocycles. The van der Waals surface area contributed by atoms with Gasteiger partial charge in [0.1, 0.15) is 0 Å². The molecule has 1 aromatic carbocycles. The Bertz CT molecular complexity index is 373. The smallest absolute Gasteiger partial charge is 0.220 e. The zero-order valence-electron chi connectivity index (χ0n) is 12.1. The number of rotatable bonds is 7. The van der Waals surface area contributed by atoms with Crippen LogP contribution in [0, 0.1) is 13.8 Å². The van der Waals surface area contributed by atoms with Crippen molar-refractivity contribution in [2.75, 3.05) is 20.1 Å². The Hall–Kier alpha value is -1.06. The molecule has 19 heavy (non-hydrogen) atoms. The number of carbonyl (C=O) groups excluding carboxylic acids is 1. The lowest BCUT2D eigenvalue weighted by molar-refractivity contribution is -0.121. The summed E-state index contributed by atoms with van der Waals surface area (Å²) in [5.41, 5.74) is 3.86. The molecular weight excluding hydrogens is 260 g/mol. The SMILES string of the molecule is CNCCCC(=O)NCCc1cc(C)cc(C)c1.Cl. The van der Waals surface area contributed by atoms with E-state index in [1.807, 2.05) is 7.05 Å². The highest BCUT2D eigenvalue weighted by Crippen LogP contribution is 2.08. The first-order valence-electron chi connectivity index (χ1n) is 6.60. The molecule has 0 atom stereocenters. The van der Waals surface area contributed by atoms with Gasteiger partial charge in [0.05, 0.1) is 0 Å². The van der Waals surface area contributed by atoms with E-state index in [1.54, 1.807) is 0 Å². The molecule has 1 amide bonds. The van der Waals surface area contributed by atoms with Gasteiger partial charge in [-0.15, -0.1) is 12.4 Å². The minimum Gasteiger partial charge on any atom is -0.356 e. The molecule has 0 radical (unpaired) electrons. The van der Waals surface area contributed by atoms with Crippen LogP contribution in [0.2, 0.25) is 0 Å². The third-order valence-electron chi connectivity index (χ3n) is 2.85. The van der Waals surface area contributed by atoms with E-state index in [1.165, 1.54) is 16.7 Å². The fourth-order valence-electron chi connectivity index (χ4n) is 2.07. The van der Waals surface area contributed by atoms with E-state index < -0.39 is 0 Å². The Morgan fingerprint density at radius 3 is 2.32 bits per heavy atom. The molecule has 4 heteroatoms. The first-order valence-corrected chi connectivity index (χ1v) is 6.60. The number of aryl methyl sites for hydroxylation is 2. The molecule has 0 saturated carbocycles. The average molecular weight is 285 g/mol. The third kappa shape index (κ3) is 7.85. The van der Waals surface area contributed by atoms with Crippen LogP contribution in [0.25, 0.3) is 0 Å². The van der Waals surface area contributed by atoms with Crippen molar-refractivity contribution >= 4 is 18.3 Å². The maximum absolute atomic E-state index is 11.5. The summed E-state index contributed by atoms with van der Waals surface area (Å²) in [6, 6.07) is 6.53. The first kappa shape index (κ1) is 17.9. The average Bonchev–Trinajstić information content (AvgIpc) is 2.28. The van der Waals surface area contributed by atoms with Gasteiger partial charge < -0.3 is 10.6 Å². The predicted octanol–water partition coefficient (Wildman–Crippen LogP) is 2.38. The fraction of sp³-hybridized carbons (Fsp3) is 0.533. The minimum absolute atomic E-state index is 0. The summed E-state index contributed by atoms with van der Waals surface area (Å²) in [6.45, 7) is 5.82. The number of halogens is 1. The molecule has 1 aromatic rings. The molecule has 0 aromatic heterocycles. The molecule has 0 unspecified atom stereocenters. The zero-order chi connectivity index (χ0) is 13.4. The number of amides is 1. The lowest BCUT2D eigenvalue weighted by Gasteiger charge is -2.07. The van der Waals surface area contributed by atoms with E-state index in [4.69, 9.17) is 0 Å². The van der Waals surface area contributed by atoms with Crippen molar-refractivity contribution in [1.29, 1.82) is 0 Å². The van der Waals surface area contributed by atoms with Crippen LogP contribution in [-0.4, -0.2) is 26.0 Å². The Balaban J connectivity index is 0.00000324. The van der Waals surface area contributed by atoms with Crippen LogP contribution in [0.1, 0.15) is 29.5 Å². The van der Waals surface area contributed by atoms with Gasteiger partial charge in [0.15, 0.2) is 0 Å². The van der Waals surface area contributed by atoms with Crippen LogP contribution in [0.15, 0.2) is 18.2 Å². The van der Waals surface area contributed by atoms with Crippen LogP contribution >= 0.6 is 12.4 Å². The maximum Gasteiger partial charge on any atom is 0.220 e. The van der Waals surface area contributed by atoms with Gasteiger partial charge in [-0.2, -0.15) is 0 Å². The highest BCUT2D eigenvalue weighted by atomic mass is 35.5. The summed E-state index contributed by atoms with van der Waals surface area (Å²) >= 11 is 0. The van der Waals surface area contributed by atoms with Gasteiger partial charge in [0.2, 0.25) is 5.91 Å². The highest BCUT2D eigenvalue weighted by molar-refractivity contribution is 5.85. The zero-order valence-corrected chi connectivity index (χ0v) is 12.9. The Morgan fingerprint density at radius 2 is 1.74 bits per heavy atom. The van der Waals surface area contributed by atoms with E-state index in [-0.39, 0.29) is 18.3 Å². The summed E-state index contributed by atoms with van der Waals surface area (Å²) in [4.78, 5) is 11.5. The topological polar surface area (TPSA) is 41.1 Å². The molecule has 0 fully saturated rings. The van der Waals surface area contributed by atoms with E-state index in [2.05, 4.69) is 42.7 Å². The van der Waals surface area contributed by atoms with Crippen molar-refractivity contribution in [2.24, 2.45) is 0 Å². The van der Waals surface area contributed by atoms with Crippen molar-refractivity contribution in [1.82, 2.24) is 10.6 Å². The summed E-state index contributed by atoms with van der Waals surface area (Å²) in [6.07, 6.45) is 2.40. The van der Waals surface area contributed by atoms with E-state index in [9.17, 15) is 4.79 Å². The molecule has 0 spiro atoms. The van der Waals surface area contributed by atoms with Gasteiger partial charge >= 0.3 is 0 Å². The summed E-state index contributed by atoms with van der Waals surface area (Å²) < 4.78 is 0. The van der Waals surface area contributed by atoms with Gasteiger partial charge in [-0.1, -0.05) is 29.3 Å². The van der Waals surface area contributed by atoms with Crippen LogP contribution in [0.3, 0.4) is 0 Å². The van der Waals surface area contributed by atoms with E-state index in [0.717, 1.165) is 25.9 Å². The number of hydrogen-bond donors (Lipinski definition) is 2. The maximum atomic E-state index is 11.5. The normalized spacial score (nSPS) is 9.84. The van der Waals surface area contributed by atoms with Gasteiger partial charge in [-0.3, -0.25) is 4.79 Å². The molecule has 0 bridgehead atoms. The van der Waals surface area contributed by atoms with Crippen molar-refractivity contribution in [3.63, 3.8) is 0 Å². The monoisotopic (exact) mass is 284 g/mol. The van der Waals surface area contributed by atoms with Crippen LogP contribution in [0.4, 0.5) is 0 Å². The third-order valence-corrected chi connectivity index (χ3v) is 2.85. The van der Waals surface area contributed by atoms with E-state index in [0.29, 0.717) is 6.42 Å². The molecule has 0 saturated heterocycles. The van der Waals surface area contributed by atoms with Crippen molar-refractivity contribution in [3.8, 4) is 0 Å². The van der Waals surface area contributed by atoms with Gasteiger partial charge in [-0.05, 0) is 45.8 Å². The number of hydrogen-bond acceptors (Lipinski definition) is 2. The van der Waals surface area contributed by atoms with Gasteiger partial charge in [-0.25, -0.2) is 0 Å². The number of carbonyl (C=O) groups is 1. The van der Waals surface area contributed by atoms with Gasteiger partial charge in [0, 0.05) is 13.0 Å². The molecule has 0 aliphatic carbocycles. The molecular formula is C15H25ClN2O. The second-order valence-corrected chi connectivity index (χ2v) is 4.80. The first-order chi connectivity index (χ1) is 8.61. The van der Waals surface area contributed by atoms with Crippen molar-refractivity contribution in [3.05, 3.63) is 34.9 Å². The highest BCUT2D eigenvalue weighted by Gasteiger charge is 2.01. The van der Waals surface area contributed by atoms with Crippen molar-refractivity contribution < 1.29 is 4.79 Å². The second-order valence-electron chi connectivity index (χ2n) is 4.80. The van der Waals surface area contributed by atoms with Gasteiger partial charge in [0.25, 0.3) is 0 Å². The summed E-state index contributed by atoms with van der Waals surface area (Å²) in [5, 5.41) is 6.00. The van der Waals surface area contributed by atoms with Crippen molar-refractivity contribution in [2.45, 2.75) is 33.1 Å². The lowest BCUT2D eigenvalue weighted by Crippen LogP contribution is -2.26. The van der Waals surface area contributed by atoms with E-state index >= 15 is 0 Å². The standard InChI is InChI=1S/C15H24N2O.ClH/c1-12-9-13(2)11-14(10-12)6-8-17-15(18)5-4-7-16-3;/h9-11,16H,4-8H2,1-3H3,(H,17,18);1H. The van der Waals surface area contributed by atoms with Crippen LogP contribution in [-0.2, 0) is 11.2 Å². The quantitative estimate of drug-likeness (QED) is 0.755. The molecule has 0 aliphatic heterocycles. The van der Waals surface area contributed by atoms with Crippen LogP contribution in [0.5, 0.6) is 0 Å². The number of benzene rings is 1. The lowest BCUT2D eigenvalue weighted by atomic mass is 10.1. The second kappa shape index (κ2) is 9.82. The molecule has 0 aliphatic rings. The molecule has 108 valence electrons. The number of nitrogens with one attached hydrogen (secondary N) is 2. The predicted molar refractivity (Wildman–Crippen MR) is 83.0 cm³/mol. The summed E-state index contributed by atoms with van der Waals surface area (Å²) in [7, 11) is 1.90. The molecule has 3 nitrogen and oxygen atoms in total. The minimum atomic E-state index is 0. The molecule has 2 N–H and O–H groups in total. The Kier molecular flexibility index (Phi) is 9.27. The molecule has 1 rings (SSSR count). The Morgan fingerprint density at radius 1 is 1.11 bits per heavy atom. The summed E-state index contributed by atoms with van der Waals surface area (Å²) in [5.74, 6) is 0.148. The Labute approximate surface area is 122 Å². The largest absolute Gasteiger partial charge is 0.356 e.